The van der Waals surface area contributed by atoms with Crippen LogP contribution in [0.15, 0.2) is 88.3 Å². The molecule has 0 fully saturated rings. The number of fused-ring (bicyclic) bond motifs is 1. The second-order valence-corrected chi connectivity index (χ2v) is 8.52. The first-order valence-corrected chi connectivity index (χ1v) is 11.4. The maximum atomic E-state index is 13.6. The van der Waals surface area contributed by atoms with Gasteiger partial charge in [-0.05, 0) is 24.6 Å². The molecule has 0 spiro atoms. The first-order chi connectivity index (χ1) is 16.4. The lowest BCUT2D eigenvalue weighted by molar-refractivity contribution is -0.138. The minimum atomic E-state index is -0.694. The van der Waals surface area contributed by atoms with Gasteiger partial charge in [0.15, 0.2) is 4.80 Å². The topological polar surface area (TPSA) is 87.0 Å². The number of nitrogens with zero attached hydrogens (tertiary/aromatic N) is 2. The van der Waals surface area contributed by atoms with Crippen LogP contribution in [-0.2, 0) is 14.3 Å². The summed E-state index contributed by atoms with van der Waals surface area (Å²) in [5.41, 5.74) is 1.82. The molecular formula is C26H22N2O5S. The van der Waals surface area contributed by atoms with E-state index < -0.39 is 18.0 Å². The van der Waals surface area contributed by atoms with Crippen LogP contribution in [0.1, 0.15) is 31.0 Å². The molecule has 0 N–H and O–H groups in total. The van der Waals surface area contributed by atoms with Gasteiger partial charge in [0, 0.05) is 12.5 Å². The Morgan fingerprint density at radius 3 is 2.56 bits per heavy atom. The lowest BCUT2D eigenvalue weighted by atomic mass is 9.96. The van der Waals surface area contributed by atoms with E-state index in [1.54, 1.807) is 37.3 Å². The monoisotopic (exact) mass is 474 g/mol. The number of benzene rings is 2. The van der Waals surface area contributed by atoms with Gasteiger partial charge in [-0.2, -0.15) is 0 Å². The van der Waals surface area contributed by atoms with Crippen LogP contribution in [0, 0.1) is 0 Å². The number of aromatic nitrogens is 1. The number of rotatable bonds is 6. The highest BCUT2D eigenvalue weighted by Gasteiger charge is 2.33. The van der Waals surface area contributed by atoms with Crippen LogP contribution in [0.5, 0.6) is 5.75 Å². The molecule has 1 aromatic heterocycles. The van der Waals surface area contributed by atoms with Crippen molar-refractivity contribution in [1.29, 1.82) is 0 Å². The Morgan fingerprint density at radius 2 is 1.85 bits per heavy atom. The quantitative estimate of drug-likeness (QED) is 0.312. The number of ether oxygens (including phenoxy) is 2. The fraction of sp³-hybridized carbons (Fsp3) is 0.154. The summed E-state index contributed by atoms with van der Waals surface area (Å²) in [5.74, 6) is -0.653. The third-order valence-electron chi connectivity index (χ3n) is 5.15. The summed E-state index contributed by atoms with van der Waals surface area (Å²) in [7, 11) is 0. The van der Waals surface area contributed by atoms with Crippen molar-refractivity contribution in [1.82, 2.24) is 4.57 Å². The fourth-order valence-corrected chi connectivity index (χ4v) is 4.77. The molecule has 0 amide bonds. The van der Waals surface area contributed by atoms with E-state index in [-0.39, 0.29) is 12.2 Å². The van der Waals surface area contributed by atoms with Gasteiger partial charge in [-0.25, -0.2) is 9.79 Å². The van der Waals surface area contributed by atoms with Gasteiger partial charge in [-0.1, -0.05) is 72.5 Å². The number of para-hydroxylation sites is 1. The number of carbonyl (C=O) groups excluding carboxylic acids is 2. The molecule has 1 atom stereocenters. The van der Waals surface area contributed by atoms with E-state index in [4.69, 9.17) is 9.47 Å². The zero-order chi connectivity index (χ0) is 24.2. The molecule has 2 aromatic carbocycles. The van der Waals surface area contributed by atoms with E-state index in [9.17, 15) is 14.4 Å². The number of allylic oxidation sites excluding steroid dienone is 1. The standard InChI is InChI=1S/C26H22N2O5S/c1-4-14-32-25(31)22-16(2)27-26-28(23(22)18-10-6-5-7-11-18)24(30)21(34-26)15-19-12-8-9-13-20(19)33-17(3)29/h4-13,15,23H,1,14H2,2-3H3/t23-/m0/s1. The molecule has 0 unspecified atom stereocenters. The first kappa shape index (κ1) is 23.1. The minimum Gasteiger partial charge on any atom is -0.458 e. The smallest absolute Gasteiger partial charge is 0.338 e. The number of carbonyl (C=O) groups is 2. The van der Waals surface area contributed by atoms with Crippen LogP contribution in [0.3, 0.4) is 0 Å². The summed E-state index contributed by atoms with van der Waals surface area (Å²) in [4.78, 5) is 43.1. The van der Waals surface area contributed by atoms with E-state index in [0.29, 0.717) is 31.9 Å². The largest absolute Gasteiger partial charge is 0.458 e. The predicted molar refractivity (Wildman–Crippen MR) is 129 cm³/mol. The van der Waals surface area contributed by atoms with Gasteiger partial charge in [0.05, 0.1) is 21.8 Å². The van der Waals surface area contributed by atoms with Crippen molar-refractivity contribution < 1.29 is 19.1 Å². The van der Waals surface area contributed by atoms with E-state index in [1.165, 1.54) is 28.9 Å². The van der Waals surface area contributed by atoms with Gasteiger partial charge in [-0.3, -0.25) is 14.2 Å². The zero-order valence-electron chi connectivity index (χ0n) is 18.7. The van der Waals surface area contributed by atoms with Crippen molar-refractivity contribution in [2.24, 2.45) is 4.99 Å². The molecule has 1 aliphatic rings. The van der Waals surface area contributed by atoms with Crippen LogP contribution in [0.4, 0.5) is 0 Å². The summed E-state index contributed by atoms with van der Waals surface area (Å²) in [6.45, 7) is 6.69. The Bertz CT molecular complexity index is 1480. The average molecular weight is 475 g/mol. The highest BCUT2D eigenvalue weighted by Crippen LogP contribution is 2.30. The molecule has 172 valence electrons. The molecule has 0 bridgehead atoms. The van der Waals surface area contributed by atoms with Gasteiger partial charge in [0.25, 0.3) is 5.56 Å². The van der Waals surface area contributed by atoms with Crippen molar-refractivity contribution >= 4 is 29.4 Å². The lowest BCUT2D eigenvalue weighted by Gasteiger charge is -2.24. The van der Waals surface area contributed by atoms with Gasteiger partial charge in [0.1, 0.15) is 12.4 Å². The molecule has 4 rings (SSSR count). The van der Waals surface area contributed by atoms with Gasteiger partial charge < -0.3 is 9.47 Å². The van der Waals surface area contributed by atoms with Crippen molar-refractivity contribution in [3.8, 4) is 5.75 Å². The zero-order valence-corrected chi connectivity index (χ0v) is 19.5. The lowest BCUT2D eigenvalue weighted by Crippen LogP contribution is -2.39. The maximum Gasteiger partial charge on any atom is 0.338 e. The summed E-state index contributed by atoms with van der Waals surface area (Å²) in [5, 5.41) is 0. The van der Waals surface area contributed by atoms with Gasteiger partial charge in [0.2, 0.25) is 0 Å². The Hall–Kier alpha value is -4.04. The number of hydrogen-bond donors (Lipinski definition) is 0. The maximum absolute atomic E-state index is 13.6. The highest BCUT2D eigenvalue weighted by atomic mass is 32.1. The highest BCUT2D eigenvalue weighted by molar-refractivity contribution is 7.07. The molecule has 8 heteroatoms. The Kier molecular flexibility index (Phi) is 6.70. The van der Waals surface area contributed by atoms with Crippen LogP contribution in [0.25, 0.3) is 6.08 Å². The molecule has 1 aliphatic heterocycles. The number of hydrogen-bond acceptors (Lipinski definition) is 7. The second kappa shape index (κ2) is 9.84. The summed E-state index contributed by atoms with van der Waals surface area (Å²) >= 11 is 1.20. The van der Waals surface area contributed by atoms with Crippen molar-refractivity contribution in [3.05, 3.63) is 109 Å². The third kappa shape index (κ3) is 4.53. The van der Waals surface area contributed by atoms with Crippen LogP contribution in [-0.4, -0.2) is 23.1 Å². The van der Waals surface area contributed by atoms with Gasteiger partial charge in [-0.15, -0.1) is 0 Å². The number of esters is 2. The third-order valence-corrected chi connectivity index (χ3v) is 6.13. The molecule has 0 aliphatic carbocycles. The normalized spacial score (nSPS) is 15.4. The van der Waals surface area contributed by atoms with Crippen LogP contribution in [0.2, 0.25) is 0 Å². The number of thiazole rings is 1. The fourth-order valence-electron chi connectivity index (χ4n) is 3.73. The summed E-state index contributed by atoms with van der Waals surface area (Å²) in [6, 6.07) is 15.5. The molecule has 0 saturated carbocycles. The average Bonchev–Trinajstić information content (AvgIpc) is 3.12. The molecule has 34 heavy (non-hydrogen) atoms. The SMILES string of the molecule is C=CCOC(=O)C1=C(C)N=c2sc(=Cc3ccccc3OC(C)=O)c(=O)n2[C@H]1c1ccccc1. The van der Waals surface area contributed by atoms with E-state index in [2.05, 4.69) is 11.6 Å². The van der Waals surface area contributed by atoms with E-state index in [0.717, 1.165) is 5.56 Å². The summed E-state index contributed by atoms with van der Waals surface area (Å²) < 4.78 is 12.5. The molecule has 2 heterocycles. The molecule has 0 saturated heterocycles. The van der Waals surface area contributed by atoms with Crippen LogP contribution < -0.4 is 19.6 Å². The Balaban J connectivity index is 1.92. The van der Waals surface area contributed by atoms with Crippen molar-refractivity contribution in [2.75, 3.05) is 6.61 Å². The predicted octanol–water partition coefficient (Wildman–Crippen LogP) is 2.89. The molecule has 7 nitrogen and oxygen atoms in total. The molecular weight excluding hydrogens is 452 g/mol. The summed E-state index contributed by atoms with van der Waals surface area (Å²) in [6.07, 6.45) is 3.15. The molecule has 3 aromatic rings. The van der Waals surface area contributed by atoms with Crippen LogP contribution >= 0.6 is 11.3 Å². The minimum absolute atomic E-state index is 0.0501. The Morgan fingerprint density at radius 1 is 1.15 bits per heavy atom. The van der Waals surface area contributed by atoms with Gasteiger partial charge >= 0.3 is 11.9 Å². The first-order valence-electron chi connectivity index (χ1n) is 10.5. The van der Waals surface area contributed by atoms with Crippen molar-refractivity contribution in [2.45, 2.75) is 19.9 Å². The van der Waals surface area contributed by atoms with E-state index in [1.807, 2.05) is 30.3 Å². The Labute approximate surface area is 199 Å². The second-order valence-electron chi connectivity index (χ2n) is 7.51. The molecule has 0 radical (unpaired) electrons. The van der Waals surface area contributed by atoms with E-state index >= 15 is 0 Å². The van der Waals surface area contributed by atoms with Crippen molar-refractivity contribution in [3.63, 3.8) is 0 Å².